The van der Waals surface area contributed by atoms with Gasteiger partial charge in [0.25, 0.3) is 0 Å². The molecule has 144 valence electrons. The molecule has 0 aliphatic carbocycles. The summed E-state index contributed by atoms with van der Waals surface area (Å²) in [4.78, 5) is 7.23. The van der Waals surface area contributed by atoms with Crippen LogP contribution in [0.5, 0.6) is 5.75 Å². The predicted molar refractivity (Wildman–Crippen MR) is 113 cm³/mol. The van der Waals surface area contributed by atoms with Crippen LogP contribution in [0.1, 0.15) is 31.7 Å². The molecule has 0 amide bonds. The van der Waals surface area contributed by atoms with E-state index in [4.69, 9.17) is 21.3 Å². The summed E-state index contributed by atoms with van der Waals surface area (Å²) in [7, 11) is 0. The van der Waals surface area contributed by atoms with Crippen molar-refractivity contribution in [2.24, 2.45) is 0 Å². The average molecular weight is 386 g/mol. The first-order valence-corrected chi connectivity index (χ1v) is 10.0. The van der Waals surface area contributed by atoms with Gasteiger partial charge in [-0.25, -0.2) is 4.98 Å². The van der Waals surface area contributed by atoms with Crippen LogP contribution in [0.3, 0.4) is 0 Å². The number of fused-ring (bicyclic) bond motifs is 1. The van der Waals surface area contributed by atoms with Crippen molar-refractivity contribution in [2.45, 2.75) is 40.3 Å². The summed E-state index contributed by atoms with van der Waals surface area (Å²) in [6.45, 7) is 11.1. The number of nitrogens with zero attached hydrogens (tertiary/aromatic N) is 3. The second-order valence-corrected chi connectivity index (χ2v) is 7.23. The molecule has 0 saturated carbocycles. The number of benzene rings is 2. The maximum absolute atomic E-state index is 6.24. The third-order valence-electron chi connectivity index (χ3n) is 4.93. The van der Waals surface area contributed by atoms with E-state index in [1.807, 2.05) is 30.3 Å². The smallest absolute Gasteiger partial charge is 0.147 e. The van der Waals surface area contributed by atoms with E-state index in [1.165, 1.54) is 5.56 Å². The molecule has 0 aliphatic rings. The lowest BCUT2D eigenvalue weighted by Crippen LogP contribution is -2.25. The first-order valence-electron chi connectivity index (χ1n) is 9.67. The summed E-state index contributed by atoms with van der Waals surface area (Å²) < 4.78 is 8.24. The van der Waals surface area contributed by atoms with Gasteiger partial charge in [0.1, 0.15) is 18.2 Å². The van der Waals surface area contributed by atoms with Crippen LogP contribution in [0.2, 0.25) is 5.02 Å². The number of halogens is 1. The number of ether oxygens (including phenoxy) is 1. The fourth-order valence-corrected chi connectivity index (χ4v) is 3.45. The minimum absolute atomic E-state index is 0.445. The molecule has 0 fully saturated rings. The van der Waals surface area contributed by atoms with Crippen molar-refractivity contribution in [2.75, 3.05) is 19.6 Å². The fourth-order valence-electron chi connectivity index (χ4n) is 3.28. The number of aromatic nitrogens is 2. The highest BCUT2D eigenvalue weighted by molar-refractivity contribution is 6.31. The third kappa shape index (κ3) is 5.02. The van der Waals surface area contributed by atoms with E-state index in [-0.39, 0.29) is 0 Å². The molecule has 3 rings (SSSR count). The fraction of sp³-hybridized carbons (Fsp3) is 0.409. The van der Waals surface area contributed by atoms with Gasteiger partial charge in [-0.3, -0.25) is 0 Å². The van der Waals surface area contributed by atoms with Gasteiger partial charge in [0, 0.05) is 11.6 Å². The van der Waals surface area contributed by atoms with Gasteiger partial charge in [0.2, 0.25) is 0 Å². The highest BCUT2D eigenvalue weighted by atomic mass is 35.5. The molecule has 1 heterocycles. The first kappa shape index (κ1) is 19.7. The van der Waals surface area contributed by atoms with E-state index in [1.54, 1.807) is 0 Å². The Kier molecular flexibility index (Phi) is 6.75. The molecule has 0 spiro atoms. The van der Waals surface area contributed by atoms with Gasteiger partial charge in [-0.05, 0) is 63.3 Å². The van der Waals surface area contributed by atoms with E-state index in [0.29, 0.717) is 6.61 Å². The van der Waals surface area contributed by atoms with Crippen LogP contribution in [-0.2, 0) is 13.2 Å². The number of hydrogen-bond acceptors (Lipinski definition) is 3. The van der Waals surface area contributed by atoms with Gasteiger partial charge in [-0.2, -0.15) is 0 Å². The number of imidazole rings is 1. The number of hydrogen-bond donors (Lipinski definition) is 0. The minimum Gasteiger partial charge on any atom is -0.486 e. The Bertz CT molecular complexity index is 869. The topological polar surface area (TPSA) is 30.3 Å². The zero-order chi connectivity index (χ0) is 19.2. The number of aryl methyl sites for hydroxylation is 2. The second kappa shape index (κ2) is 9.25. The quantitative estimate of drug-likeness (QED) is 0.500. The van der Waals surface area contributed by atoms with Crippen LogP contribution in [0.4, 0.5) is 0 Å². The van der Waals surface area contributed by atoms with Gasteiger partial charge < -0.3 is 14.2 Å². The van der Waals surface area contributed by atoms with Crippen molar-refractivity contribution in [1.29, 1.82) is 0 Å². The lowest BCUT2D eigenvalue weighted by Gasteiger charge is -2.18. The van der Waals surface area contributed by atoms with Crippen molar-refractivity contribution in [1.82, 2.24) is 14.5 Å². The largest absolute Gasteiger partial charge is 0.486 e. The average Bonchev–Trinajstić information content (AvgIpc) is 3.01. The monoisotopic (exact) mass is 385 g/mol. The van der Waals surface area contributed by atoms with Crippen LogP contribution in [0.15, 0.2) is 42.5 Å². The van der Waals surface area contributed by atoms with E-state index >= 15 is 0 Å². The molecule has 4 nitrogen and oxygen atoms in total. The van der Waals surface area contributed by atoms with Gasteiger partial charge in [-0.1, -0.05) is 43.1 Å². The Hall–Kier alpha value is -2.04. The summed E-state index contributed by atoms with van der Waals surface area (Å²) in [5, 5.41) is 0.735. The molecule has 0 atom stereocenters. The molecule has 1 aromatic heterocycles. The van der Waals surface area contributed by atoms with Crippen molar-refractivity contribution >= 4 is 22.6 Å². The molecule has 2 aromatic carbocycles. The number of rotatable bonds is 9. The minimum atomic E-state index is 0.445. The van der Waals surface area contributed by atoms with Gasteiger partial charge in [0.15, 0.2) is 0 Å². The summed E-state index contributed by atoms with van der Waals surface area (Å²) in [6.07, 6.45) is 1.07. The summed E-state index contributed by atoms with van der Waals surface area (Å²) >= 11 is 6.24. The van der Waals surface area contributed by atoms with E-state index in [2.05, 4.69) is 42.4 Å². The SMILES string of the molecule is CCN(CC)CCCn1c(COc2ccc(C)cc2)nc2ccc(Cl)cc21. The predicted octanol–water partition coefficient (Wildman–Crippen LogP) is 5.31. The van der Waals surface area contributed by atoms with Crippen LogP contribution in [-0.4, -0.2) is 34.1 Å². The third-order valence-corrected chi connectivity index (χ3v) is 5.16. The Labute approximate surface area is 166 Å². The van der Waals surface area contributed by atoms with Crippen molar-refractivity contribution in [3.8, 4) is 5.75 Å². The standard InChI is InChI=1S/C22H28ClN3O/c1-4-25(5-2)13-6-14-26-21-15-18(23)9-12-20(21)24-22(26)16-27-19-10-7-17(3)8-11-19/h7-12,15H,4-6,13-14,16H2,1-3H3. The van der Waals surface area contributed by atoms with Gasteiger partial charge in [-0.15, -0.1) is 0 Å². The van der Waals surface area contributed by atoms with Crippen molar-refractivity contribution in [3.05, 3.63) is 58.9 Å². The molecule has 0 bridgehead atoms. The Morgan fingerprint density at radius 1 is 1.07 bits per heavy atom. The van der Waals surface area contributed by atoms with Gasteiger partial charge >= 0.3 is 0 Å². The molecular formula is C22H28ClN3O. The van der Waals surface area contributed by atoms with Crippen LogP contribution < -0.4 is 4.74 Å². The Balaban J connectivity index is 1.79. The maximum Gasteiger partial charge on any atom is 0.147 e. The maximum atomic E-state index is 6.24. The molecule has 0 aliphatic heterocycles. The van der Waals surface area contributed by atoms with Crippen molar-refractivity contribution < 1.29 is 4.74 Å². The first-order chi connectivity index (χ1) is 13.1. The lowest BCUT2D eigenvalue weighted by atomic mass is 10.2. The van der Waals surface area contributed by atoms with Crippen LogP contribution >= 0.6 is 11.6 Å². The summed E-state index contributed by atoms with van der Waals surface area (Å²) in [6, 6.07) is 14.0. The molecule has 0 unspecified atom stereocenters. The van der Waals surface area contributed by atoms with E-state index < -0.39 is 0 Å². The second-order valence-electron chi connectivity index (χ2n) is 6.79. The van der Waals surface area contributed by atoms with Crippen molar-refractivity contribution in [3.63, 3.8) is 0 Å². The zero-order valence-corrected chi connectivity index (χ0v) is 17.2. The highest BCUT2D eigenvalue weighted by Crippen LogP contribution is 2.22. The Morgan fingerprint density at radius 3 is 2.52 bits per heavy atom. The Morgan fingerprint density at radius 2 is 1.81 bits per heavy atom. The molecule has 0 saturated heterocycles. The molecule has 27 heavy (non-hydrogen) atoms. The van der Waals surface area contributed by atoms with E-state index in [0.717, 1.165) is 60.2 Å². The molecular weight excluding hydrogens is 358 g/mol. The normalized spacial score (nSPS) is 11.4. The molecule has 0 N–H and O–H groups in total. The van der Waals surface area contributed by atoms with Gasteiger partial charge in [0.05, 0.1) is 11.0 Å². The van der Waals surface area contributed by atoms with E-state index in [9.17, 15) is 0 Å². The molecule has 0 radical (unpaired) electrons. The molecule has 5 heteroatoms. The zero-order valence-electron chi connectivity index (χ0n) is 16.4. The lowest BCUT2D eigenvalue weighted by molar-refractivity contribution is 0.279. The molecule has 3 aromatic rings. The van der Waals surface area contributed by atoms with Crippen LogP contribution in [0.25, 0.3) is 11.0 Å². The highest BCUT2D eigenvalue weighted by Gasteiger charge is 2.12. The summed E-state index contributed by atoms with van der Waals surface area (Å²) in [5.41, 5.74) is 3.26. The summed E-state index contributed by atoms with van der Waals surface area (Å²) in [5.74, 6) is 1.80. The van der Waals surface area contributed by atoms with Crippen LogP contribution in [0, 0.1) is 6.92 Å².